The first-order valence-corrected chi connectivity index (χ1v) is 8.77. The fourth-order valence-electron chi connectivity index (χ4n) is 3.66. The van der Waals surface area contributed by atoms with Gasteiger partial charge in [-0.25, -0.2) is 0 Å². The van der Waals surface area contributed by atoms with Gasteiger partial charge in [0, 0.05) is 5.41 Å². The van der Waals surface area contributed by atoms with E-state index in [0.717, 1.165) is 19.3 Å². The zero-order valence-corrected chi connectivity index (χ0v) is 15.6. The average molecular weight is 323 g/mol. The van der Waals surface area contributed by atoms with Crippen LogP contribution in [0.3, 0.4) is 0 Å². The molecule has 0 aliphatic heterocycles. The minimum absolute atomic E-state index is 0.254. The van der Waals surface area contributed by atoms with Crippen LogP contribution in [-0.2, 0) is 4.79 Å². The summed E-state index contributed by atoms with van der Waals surface area (Å²) in [7, 11) is 0. The maximum absolute atomic E-state index is 12.4. The third-order valence-electron chi connectivity index (χ3n) is 4.71. The fourth-order valence-corrected chi connectivity index (χ4v) is 4.03. The van der Waals surface area contributed by atoms with Crippen LogP contribution in [0, 0.1) is 17.3 Å². The van der Waals surface area contributed by atoms with E-state index in [9.17, 15) is 4.79 Å². The number of ketones is 1. The van der Waals surface area contributed by atoms with Gasteiger partial charge in [-0.05, 0) is 44.9 Å². The number of halogens is 2. The first-order valence-electron chi connectivity index (χ1n) is 8.01. The van der Waals surface area contributed by atoms with Crippen LogP contribution in [0.2, 0.25) is 0 Å². The molecule has 1 nitrogen and oxygen atoms in total. The van der Waals surface area contributed by atoms with Crippen molar-refractivity contribution in [3.8, 4) is 0 Å². The lowest BCUT2D eigenvalue weighted by Crippen LogP contribution is -2.40. The van der Waals surface area contributed by atoms with Crippen molar-refractivity contribution in [1.29, 1.82) is 0 Å². The highest BCUT2D eigenvalue weighted by Gasteiger charge is 2.43. The highest BCUT2D eigenvalue weighted by atomic mass is 35.5. The molecule has 0 spiro atoms. The van der Waals surface area contributed by atoms with Gasteiger partial charge in [-0.15, -0.1) is 23.2 Å². The smallest absolute Gasteiger partial charge is 0.136 e. The molecular weight excluding hydrogens is 291 g/mol. The van der Waals surface area contributed by atoms with Crippen molar-refractivity contribution in [3.05, 3.63) is 0 Å². The van der Waals surface area contributed by atoms with Crippen LogP contribution in [0.1, 0.15) is 80.1 Å². The van der Waals surface area contributed by atoms with Crippen molar-refractivity contribution in [2.75, 3.05) is 0 Å². The topological polar surface area (TPSA) is 17.1 Å². The summed E-state index contributed by atoms with van der Waals surface area (Å²) < 4.78 is -0.759. The Balaban J connectivity index is 5.32. The molecule has 0 saturated heterocycles. The monoisotopic (exact) mass is 322 g/mol. The molecule has 0 saturated carbocycles. The maximum Gasteiger partial charge on any atom is 0.136 e. The van der Waals surface area contributed by atoms with E-state index in [2.05, 4.69) is 27.7 Å². The van der Waals surface area contributed by atoms with Crippen molar-refractivity contribution in [1.82, 2.24) is 0 Å². The molecule has 0 bridgehead atoms. The minimum atomic E-state index is -0.759. The van der Waals surface area contributed by atoms with Crippen LogP contribution < -0.4 is 0 Å². The minimum Gasteiger partial charge on any atom is -0.299 e. The van der Waals surface area contributed by atoms with Gasteiger partial charge < -0.3 is 0 Å². The molecule has 0 amide bonds. The molecule has 0 radical (unpaired) electrons. The van der Waals surface area contributed by atoms with Gasteiger partial charge in [0.15, 0.2) is 0 Å². The summed E-state index contributed by atoms with van der Waals surface area (Å²) in [5.41, 5.74) is -0.269. The maximum atomic E-state index is 12.4. The summed E-state index contributed by atoms with van der Waals surface area (Å²) in [6.07, 6.45) is 5.79. The van der Waals surface area contributed by atoms with Gasteiger partial charge in [-0.1, -0.05) is 47.0 Å². The summed E-state index contributed by atoms with van der Waals surface area (Å²) in [5.74, 6) is 1.12. The molecule has 0 aromatic rings. The van der Waals surface area contributed by atoms with Gasteiger partial charge in [-0.3, -0.25) is 4.79 Å². The van der Waals surface area contributed by atoms with Gasteiger partial charge in [-0.2, -0.15) is 0 Å². The highest BCUT2D eigenvalue weighted by Crippen LogP contribution is 2.46. The Kier molecular flexibility index (Phi) is 8.74. The molecule has 0 rings (SSSR count). The van der Waals surface area contributed by atoms with E-state index in [1.807, 2.05) is 6.92 Å². The van der Waals surface area contributed by atoms with Crippen LogP contribution in [0.25, 0.3) is 0 Å². The second-order valence-corrected chi connectivity index (χ2v) is 8.41. The van der Waals surface area contributed by atoms with Crippen LogP contribution >= 0.6 is 23.2 Å². The van der Waals surface area contributed by atoms with Crippen molar-refractivity contribution < 1.29 is 4.79 Å². The van der Waals surface area contributed by atoms with E-state index >= 15 is 0 Å². The molecule has 0 aliphatic rings. The van der Waals surface area contributed by atoms with Crippen LogP contribution in [0.15, 0.2) is 0 Å². The van der Waals surface area contributed by atoms with E-state index in [1.165, 1.54) is 12.8 Å². The van der Waals surface area contributed by atoms with Crippen LogP contribution in [-0.4, -0.2) is 10.1 Å². The van der Waals surface area contributed by atoms with Gasteiger partial charge in [0.05, 0.1) is 0 Å². The van der Waals surface area contributed by atoms with Crippen molar-refractivity contribution in [3.63, 3.8) is 0 Å². The highest BCUT2D eigenvalue weighted by molar-refractivity contribution is 6.48. The molecule has 20 heavy (non-hydrogen) atoms. The summed E-state index contributed by atoms with van der Waals surface area (Å²) in [4.78, 5) is 12.4. The molecular formula is C17H32Cl2O. The van der Waals surface area contributed by atoms with Gasteiger partial charge in [0.25, 0.3) is 0 Å². The lowest BCUT2D eigenvalue weighted by molar-refractivity contribution is -0.132. The van der Waals surface area contributed by atoms with Gasteiger partial charge in [0.1, 0.15) is 10.1 Å². The third-order valence-corrected chi connectivity index (χ3v) is 5.01. The Morgan fingerprint density at radius 3 is 2.00 bits per heavy atom. The van der Waals surface area contributed by atoms with Crippen LogP contribution in [0.4, 0.5) is 0 Å². The second kappa shape index (κ2) is 8.63. The zero-order valence-electron chi connectivity index (χ0n) is 14.1. The first kappa shape index (κ1) is 20.2. The zero-order chi connectivity index (χ0) is 16.0. The molecule has 0 aromatic carbocycles. The molecule has 3 unspecified atom stereocenters. The van der Waals surface area contributed by atoms with Crippen molar-refractivity contribution in [2.24, 2.45) is 17.3 Å². The Labute approximate surface area is 135 Å². The SMILES string of the molecule is CCCC(C)CC(CC)(C(C)=O)C(CC)CC(C)(Cl)Cl. The summed E-state index contributed by atoms with van der Waals surface area (Å²) in [5, 5.41) is 0. The summed E-state index contributed by atoms with van der Waals surface area (Å²) in [6.45, 7) is 12.3. The fraction of sp³-hybridized carbons (Fsp3) is 0.941. The molecule has 3 atom stereocenters. The quantitative estimate of drug-likeness (QED) is 0.425. The lowest BCUT2D eigenvalue weighted by Gasteiger charge is -2.41. The van der Waals surface area contributed by atoms with E-state index in [0.29, 0.717) is 18.1 Å². The van der Waals surface area contributed by atoms with Gasteiger partial charge >= 0.3 is 0 Å². The van der Waals surface area contributed by atoms with Crippen molar-refractivity contribution >= 4 is 29.0 Å². The van der Waals surface area contributed by atoms with E-state index in [4.69, 9.17) is 23.2 Å². The number of Topliss-reactive ketones (excluding diaryl/α,β-unsaturated/α-hetero) is 1. The molecule has 3 heteroatoms. The predicted octanol–water partition coefficient (Wildman–Crippen LogP) is 6.41. The Morgan fingerprint density at radius 2 is 1.70 bits per heavy atom. The van der Waals surface area contributed by atoms with Gasteiger partial charge in [0.2, 0.25) is 0 Å². The number of alkyl halides is 2. The largest absolute Gasteiger partial charge is 0.299 e. The van der Waals surface area contributed by atoms with E-state index in [-0.39, 0.29) is 11.3 Å². The Bertz CT molecular complexity index is 296. The van der Waals surface area contributed by atoms with E-state index < -0.39 is 4.33 Å². The van der Waals surface area contributed by atoms with Crippen LogP contribution in [0.5, 0.6) is 0 Å². The van der Waals surface area contributed by atoms with E-state index in [1.54, 1.807) is 6.92 Å². The Morgan fingerprint density at radius 1 is 1.15 bits per heavy atom. The van der Waals surface area contributed by atoms with Crippen molar-refractivity contribution in [2.45, 2.75) is 84.4 Å². The number of rotatable bonds is 10. The normalized spacial score (nSPS) is 18.4. The molecule has 0 heterocycles. The molecule has 0 aromatic heterocycles. The molecule has 0 aliphatic carbocycles. The predicted molar refractivity (Wildman–Crippen MR) is 90.6 cm³/mol. The number of hydrogen-bond donors (Lipinski definition) is 0. The molecule has 0 N–H and O–H groups in total. The number of carbonyl (C=O) groups excluding carboxylic acids is 1. The Hall–Kier alpha value is 0.250. The number of hydrogen-bond acceptors (Lipinski definition) is 1. The summed E-state index contributed by atoms with van der Waals surface area (Å²) in [6, 6.07) is 0. The number of carbonyl (C=O) groups is 1. The summed E-state index contributed by atoms with van der Waals surface area (Å²) >= 11 is 12.5. The lowest BCUT2D eigenvalue weighted by atomic mass is 9.63. The molecule has 120 valence electrons. The average Bonchev–Trinajstić information content (AvgIpc) is 2.32. The second-order valence-electron chi connectivity index (χ2n) is 6.54. The first-order chi connectivity index (χ1) is 9.12. The standard InChI is InChI=1S/C17H32Cl2O/c1-7-10-13(4)11-17(9-3,14(5)20)15(8-2)12-16(6,18)19/h13,15H,7-12H2,1-6H3. The third kappa shape index (κ3) is 5.93. The molecule has 0 fully saturated rings.